The summed E-state index contributed by atoms with van der Waals surface area (Å²) in [6, 6.07) is 11.9. The van der Waals surface area contributed by atoms with Gasteiger partial charge in [0.2, 0.25) is 0 Å². The Hall–Kier alpha value is -2.40. The molecule has 0 radical (unpaired) electrons. The summed E-state index contributed by atoms with van der Waals surface area (Å²) in [6.45, 7) is 0.303. The van der Waals surface area contributed by atoms with E-state index < -0.39 is 5.97 Å². The summed E-state index contributed by atoms with van der Waals surface area (Å²) in [5, 5.41) is 9.18. The number of benzene rings is 2. The Bertz CT molecular complexity index is 707. The van der Waals surface area contributed by atoms with Crippen molar-refractivity contribution in [1.29, 1.82) is 0 Å². The van der Waals surface area contributed by atoms with E-state index in [1.807, 2.05) is 24.3 Å². The summed E-state index contributed by atoms with van der Waals surface area (Å²) in [4.78, 5) is 21.6. The highest BCUT2D eigenvalue weighted by atomic mass is 79.9. The van der Waals surface area contributed by atoms with E-state index in [-0.39, 0.29) is 5.56 Å². The summed E-state index contributed by atoms with van der Waals surface area (Å²) in [5.74, 6) is -0.745. The van der Waals surface area contributed by atoms with E-state index in [0.29, 0.717) is 17.8 Å². The van der Waals surface area contributed by atoms with Gasteiger partial charge in [0.15, 0.2) is 0 Å². The zero-order chi connectivity index (χ0) is 15.2. The van der Waals surface area contributed by atoms with Crippen LogP contribution in [0.2, 0.25) is 0 Å². The highest BCUT2D eigenvalue weighted by molar-refractivity contribution is 9.10. The molecule has 0 aromatic heterocycles. The van der Waals surface area contributed by atoms with Gasteiger partial charge in [-0.2, -0.15) is 0 Å². The zero-order valence-corrected chi connectivity index (χ0v) is 12.4. The smallest absolute Gasteiger partial charge is 0.336 e. The van der Waals surface area contributed by atoms with Crippen LogP contribution in [0.1, 0.15) is 21.5 Å². The highest BCUT2D eigenvalue weighted by Crippen LogP contribution is 2.21. The number of carboxylic acids is 1. The summed E-state index contributed by atoms with van der Waals surface area (Å²) in [5.41, 5.74) is 1.52. The molecular formula is C16H11BrO4. The van der Waals surface area contributed by atoms with Crippen molar-refractivity contribution in [2.24, 2.45) is 0 Å². The van der Waals surface area contributed by atoms with Gasteiger partial charge in [0.1, 0.15) is 5.75 Å². The average Bonchev–Trinajstić information content (AvgIpc) is 2.45. The van der Waals surface area contributed by atoms with E-state index in [9.17, 15) is 14.7 Å². The number of carboxylic acid groups (broad SMARTS) is 1. The molecule has 21 heavy (non-hydrogen) atoms. The standard InChI is InChI=1S/C16H11BrO4/c17-13-3-1-2-11(8-13)4-5-12-9-14(21-10-18)6-7-15(12)16(19)20/h1-10H,(H,19,20)/b5-4+. The Morgan fingerprint density at radius 1 is 1.14 bits per heavy atom. The molecule has 0 atom stereocenters. The third-order valence-electron chi connectivity index (χ3n) is 2.74. The first-order valence-electron chi connectivity index (χ1n) is 6.01. The van der Waals surface area contributed by atoms with Crippen LogP contribution in [0.25, 0.3) is 12.2 Å². The molecule has 106 valence electrons. The maximum absolute atomic E-state index is 11.2. The number of aromatic carboxylic acids is 1. The molecule has 4 nitrogen and oxygen atoms in total. The molecule has 0 saturated heterocycles. The van der Waals surface area contributed by atoms with Gasteiger partial charge in [0, 0.05) is 4.47 Å². The second-order valence-corrected chi connectivity index (χ2v) is 5.07. The summed E-state index contributed by atoms with van der Waals surface area (Å²) in [6.07, 6.45) is 3.46. The Kier molecular flexibility index (Phi) is 4.90. The van der Waals surface area contributed by atoms with Crippen molar-refractivity contribution in [3.8, 4) is 5.75 Å². The van der Waals surface area contributed by atoms with Crippen molar-refractivity contribution < 1.29 is 19.4 Å². The monoisotopic (exact) mass is 346 g/mol. The summed E-state index contributed by atoms with van der Waals surface area (Å²) in [7, 11) is 0. The lowest BCUT2D eigenvalue weighted by Gasteiger charge is -2.04. The van der Waals surface area contributed by atoms with Gasteiger partial charge in [-0.3, -0.25) is 4.79 Å². The fourth-order valence-corrected chi connectivity index (χ4v) is 2.22. The molecule has 0 amide bonds. The number of carbonyl (C=O) groups excluding carboxylic acids is 1. The lowest BCUT2D eigenvalue weighted by atomic mass is 10.1. The van der Waals surface area contributed by atoms with Crippen LogP contribution in [0.5, 0.6) is 5.75 Å². The molecule has 1 N–H and O–H groups in total. The van der Waals surface area contributed by atoms with Crippen molar-refractivity contribution in [3.05, 3.63) is 63.6 Å². The Morgan fingerprint density at radius 3 is 2.62 bits per heavy atom. The second-order valence-electron chi connectivity index (χ2n) is 4.16. The molecule has 0 aliphatic rings. The fourth-order valence-electron chi connectivity index (χ4n) is 1.80. The highest BCUT2D eigenvalue weighted by Gasteiger charge is 2.09. The topological polar surface area (TPSA) is 63.6 Å². The SMILES string of the molecule is O=COc1ccc(C(=O)O)c(/C=C/c2cccc(Br)c2)c1. The van der Waals surface area contributed by atoms with E-state index in [4.69, 9.17) is 4.74 Å². The third kappa shape index (κ3) is 4.03. The number of rotatable bonds is 5. The lowest BCUT2D eigenvalue weighted by Crippen LogP contribution is -2.00. The van der Waals surface area contributed by atoms with Crippen molar-refractivity contribution in [3.63, 3.8) is 0 Å². The Labute approximate surface area is 129 Å². The van der Waals surface area contributed by atoms with Crippen molar-refractivity contribution in [2.75, 3.05) is 0 Å². The lowest BCUT2D eigenvalue weighted by molar-refractivity contribution is -0.120. The van der Waals surface area contributed by atoms with Crippen molar-refractivity contribution in [2.45, 2.75) is 0 Å². The maximum atomic E-state index is 11.2. The van der Waals surface area contributed by atoms with Gasteiger partial charge in [0.05, 0.1) is 5.56 Å². The summed E-state index contributed by atoms with van der Waals surface area (Å²) >= 11 is 3.37. The first-order valence-corrected chi connectivity index (χ1v) is 6.81. The number of halogens is 1. The van der Waals surface area contributed by atoms with Crippen molar-refractivity contribution >= 4 is 40.5 Å². The van der Waals surface area contributed by atoms with Gasteiger partial charge >= 0.3 is 5.97 Å². The van der Waals surface area contributed by atoms with Gasteiger partial charge in [-0.1, -0.05) is 40.2 Å². The van der Waals surface area contributed by atoms with Crippen LogP contribution in [0.15, 0.2) is 46.9 Å². The zero-order valence-electron chi connectivity index (χ0n) is 10.8. The molecule has 5 heteroatoms. The minimum Gasteiger partial charge on any atom is -0.478 e. The molecule has 0 aliphatic carbocycles. The Morgan fingerprint density at radius 2 is 1.95 bits per heavy atom. The van der Waals surface area contributed by atoms with Crippen LogP contribution < -0.4 is 4.74 Å². The summed E-state index contributed by atoms with van der Waals surface area (Å²) < 4.78 is 5.67. The quantitative estimate of drug-likeness (QED) is 0.659. The molecule has 0 saturated carbocycles. The predicted molar refractivity (Wildman–Crippen MR) is 83.2 cm³/mol. The number of hydrogen-bond donors (Lipinski definition) is 1. The average molecular weight is 347 g/mol. The van der Waals surface area contributed by atoms with Crippen LogP contribution in [0, 0.1) is 0 Å². The van der Waals surface area contributed by atoms with E-state index in [1.54, 1.807) is 12.2 Å². The van der Waals surface area contributed by atoms with Gasteiger partial charge in [-0.25, -0.2) is 4.79 Å². The number of hydrogen-bond acceptors (Lipinski definition) is 3. The van der Waals surface area contributed by atoms with Gasteiger partial charge < -0.3 is 9.84 Å². The first kappa shape index (κ1) is 15.0. The third-order valence-corrected chi connectivity index (χ3v) is 3.23. The number of ether oxygens (including phenoxy) is 1. The van der Waals surface area contributed by atoms with E-state index in [1.165, 1.54) is 18.2 Å². The van der Waals surface area contributed by atoms with Gasteiger partial charge in [-0.15, -0.1) is 0 Å². The molecular weight excluding hydrogens is 336 g/mol. The minimum atomic E-state index is -1.04. The fraction of sp³-hybridized carbons (Fsp3) is 0. The predicted octanol–water partition coefficient (Wildman–Crippen LogP) is 3.85. The molecule has 2 aromatic rings. The van der Waals surface area contributed by atoms with E-state index in [2.05, 4.69) is 15.9 Å². The van der Waals surface area contributed by atoms with E-state index >= 15 is 0 Å². The van der Waals surface area contributed by atoms with Crippen molar-refractivity contribution in [1.82, 2.24) is 0 Å². The molecule has 2 aromatic carbocycles. The molecule has 0 unspecified atom stereocenters. The van der Waals surface area contributed by atoms with Crippen LogP contribution in [-0.2, 0) is 4.79 Å². The Balaban J connectivity index is 2.38. The van der Waals surface area contributed by atoms with E-state index in [0.717, 1.165) is 10.0 Å². The van der Waals surface area contributed by atoms with Crippen LogP contribution in [-0.4, -0.2) is 17.5 Å². The van der Waals surface area contributed by atoms with Gasteiger partial charge in [0.25, 0.3) is 6.47 Å². The van der Waals surface area contributed by atoms with Gasteiger partial charge in [-0.05, 0) is 41.5 Å². The number of carbonyl (C=O) groups is 2. The molecule has 0 aliphatic heterocycles. The second kappa shape index (κ2) is 6.85. The molecule has 2 rings (SSSR count). The maximum Gasteiger partial charge on any atom is 0.336 e. The largest absolute Gasteiger partial charge is 0.478 e. The van der Waals surface area contributed by atoms with Crippen LogP contribution >= 0.6 is 15.9 Å². The molecule has 0 bridgehead atoms. The minimum absolute atomic E-state index is 0.138. The normalized spacial score (nSPS) is 10.5. The molecule has 0 spiro atoms. The first-order chi connectivity index (χ1) is 10.1. The molecule has 0 fully saturated rings. The van der Waals surface area contributed by atoms with Crippen LogP contribution in [0.3, 0.4) is 0 Å². The van der Waals surface area contributed by atoms with Crippen LogP contribution in [0.4, 0.5) is 0 Å². The molecule has 0 heterocycles.